The first-order chi connectivity index (χ1) is 9.92. The van der Waals surface area contributed by atoms with Crippen LogP contribution < -0.4 is 5.73 Å². The molecule has 8 nitrogen and oxygen atoms in total. The summed E-state index contributed by atoms with van der Waals surface area (Å²) in [6, 6.07) is 0.0273. The molecule has 1 atom stereocenters. The van der Waals surface area contributed by atoms with E-state index in [1.165, 1.54) is 7.11 Å². The van der Waals surface area contributed by atoms with Crippen LogP contribution in [0, 0.1) is 21.4 Å². The number of nitrogens with zero attached hydrogens (tertiary/aromatic N) is 2. The average molecular weight is 298 g/mol. The summed E-state index contributed by atoms with van der Waals surface area (Å²) in [6.45, 7) is 1.89. The van der Waals surface area contributed by atoms with Gasteiger partial charge < -0.3 is 15.4 Å². The summed E-state index contributed by atoms with van der Waals surface area (Å²) in [5, 5.41) is 19.0. The highest BCUT2D eigenvalue weighted by Gasteiger charge is 2.33. The monoisotopic (exact) mass is 298 g/mol. The van der Waals surface area contributed by atoms with Crippen molar-refractivity contribution in [2.24, 2.45) is 11.7 Å². The predicted molar refractivity (Wildman–Crippen MR) is 77.1 cm³/mol. The van der Waals surface area contributed by atoms with E-state index in [0.29, 0.717) is 0 Å². The maximum Gasteiger partial charge on any atom is 0.326 e. The molecule has 0 aromatic carbocycles. The van der Waals surface area contributed by atoms with Gasteiger partial charge in [-0.2, -0.15) is 0 Å². The first-order valence-electron chi connectivity index (χ1n) is 6.92. The van der Waals surface area contributed by atoms with Crippen LogP contribution in [0.5, 0.6) is 0 Å². The van der Waals surface area contributed by atoms with Crippen LogP contribution in [0.15, 0.2) is 11.9 Å². The van der Waals surface area contributed by atoms with E-state index in [1.807, 2.05) is 0 Å². The molecule has 0 aromatic rings. The molecule has 1 rings (SSSR count). The third-order valence-electron chi connectivity index (χ3n) is 3.72. The number of nitro groups is 1. The largest absolute Gasteiger partial charge is 0.469 e. The SMILES string of the molecule is COC(=O)C(C)CN(C(=N)C(=CN)[N+](=O)[O-])C1CCCC1. The number of ether oxygens (including phenoxy) is 1. The molecule has 0 spiro atoms. The lowest BCUT2D eigenvalue weighted by Crippen LogP contribution is -2.44. The molecule has 0 bridgehead atoms. The summed E-state index contributed by atoms with van der Waals surface area (Å²) in [5.74, 6) is -1.11. The Hall–Kier alpha value is -2.12. The van der Waals surface area contributed by atoms with Gasteiger partial charge in [-0.25, -0.2) is 0 Å². The molecule has 1 fully saturated rings. The van der Waals surface area contributed by atoms with Gasteiger partial charge in [0.05, 0.1) is 24.2 Å². The lowest BCUT2D eigenvalue weighted by molar-refractivity contribution is -0.416. The Morgan fingerprint density at radius 1 is 1.57 bits per heavy atom. The third kappa shape index (κ3) is 4.17. The van der Waals surface area contributed by atoms with E-state index in [9.17, 15) is 14.9 Å². The standard InChI is InChI=1S/C13H22N4O4/c1-9(13(18)21-2)8-16(10-5-3-4-6-10)12(15)11(7-14)17(19)20/h7,9-10,15H,3-6,8,14H2,1-2H3. The zero-order chi connectivity index (χ0) is 16.0. The molecule has 0 heterocycles. The van der Waals surface area contributed by atoms with Crippen LogP contribution in [-0.4, -0.2) is 41.3 Å². The van der Waals surface area contributed by atoms with E-state index < -0.39 is 22.5 Å². The topological polar surface area (TPSA) is 123 Å². The Morgan fingerprint density at radius 2 is 2.14 bits per heavy atom. The molecule has 1 aliphatic rings. The number of carbonyl (C=O) groups excluding carboxylic acids is 1. The lowest BCUT2D eigenvalue weighted by Gasteiger charge is -2.31. The summed E-state index contributed by atoms with van der Waals surface area (Å²) in [4.78, 5) is 23.5. The van der Waals surface area contributed by atoms with Gasteiger partial charge in [-0.3, -0.25) is 20.3 Å². The van der Waals surface area contributed by atoms with Gasteiger partial charge in [-0.15, -0.1) is 0 Å². The molecule has 0 radical (unpaired) electrons. The second-order valence-electron chi connectivity index (χ2n) is 5.17. The van der Waals surface area contributed by atoms with Crippen LogP contribution in [0.25, 0.3) is 0 Å². The first-order valence-corrected chi connectivity index (χ1v) is 6.92. The number of methoxy groups -OCH3 is 1. The number of nitrogens with two attached hydrogens (primary N) is 1. The van der Waals surface area contributed by atoms with Gasteiger partial charge in [-0.05, 0) is 12.8 Å². The normalized spacial score (nSPS) is 17.3. The minimum atomic E-state index is -0.674. The molecule has 0 amide bonds. The first kappa shape index (κ1) is 16.9. The van der Waals surface area contributed by atoms with Crippen LogP contribution in [0.2, 0.25) is 0 Å². The number of carbonyl (C=O) groups is 1. The third-order valence-corrected chi connectivity index (χ3v) is 3.72. The fourth-order valence-electron chi connectivity index (χ4n) is 2.58. The van der Waals surface area contributed by atoms with E-state index in [2.05, 4.69) is 4.74 Å². The number of hydrogen-bond donors (Lipinski definition) is 2. The fourth-order valence-corrected chi connectivity index (χ4v) is 2.58. The molecule has 1 unspecified atom stereocenters. The number of esters is 1. The Morgan fingerprint density at radius 3 is 2.57 bits per heavy atom. The second kappa shape index (κ2) is 7.61. The van der Waals surface area contributed by atoms with Crippen molar-refractivity contribution in [3.8, 4) is 0 Å². The molecule has 118 valence electrons. The van der Waals surface area contributed by atoms with Gasteiger partial charge in [0.15, 0.2) is 0 Å². The minimum absolute atomic E-state index is 0.0273. The highest BCUT2D eigenvalue weighted by atomic mass is 16.6. The average Bonchev–Trinajstić information content (AvgIpc) is 2.97. The molecule has 8 heteroatoms. The van der Waals surface area contributed by atoms with Crippen LogP contribution in [0.3, 0.4) is 0 Å². The fraction of sp³-hybridized carbons (Fsp3) is 0.692. The van der Waals surface area contributed by atoms with Crippen molar-refractivity contribution in [3.05, 3.63) is 22.0 Å². The van der Waals surface area contributed by atoms with E-state index in [-0.39, 0.29) is 18.4 Å². The summed E-state index contributed by atoms with van der Waals surface area (Å²) in [5.41, 5.74) is 4.82. The number of rotatable bonds is 6. The quantitative estimate of drug-likeness (QED) is 0.249. The minimum Gasteiger partial charge on any atom is -0.469 e. The molecule has 21 heavy (non-hydrogen) atoms. The Kier molecular flexibility index (Phi) is 6.13. The van der Waals surface area contributed by atoms with Gasteiger partial charge in [0.2, 0.25) is 5.84 Å². The Bertz CT molecular complexity index is 443. The number of nitrogens with one attached hydrogen (secondary N) is 1. The van der Waals surface area contributed by atoms with E-state index in [4.69, 9.17) is 11.1 Å². The van der Waals surface area contributed by atoms with Crippen molar-refractivity contribution in [3.63, 3.8) is 0 Å². The second-order valence-corrected chi connectivity index (χ2v) is 5.17. The molecule has 3 N–H and O–H groups in total. The molecule has 1 saturated carbocycles. The molecule has 0 saturated heterocycles. The van der Waals surface area contributed by atoms with Crippen LogP contribution >= 0.6 is 0 Å². The summed E-state index contributed by atoms with van der Waals surface area (Å²) >= 11 is 0. The molecule has 0 aliphatic heterocycles. The Labute approximate surface area is 123 Å². The molecule has 0 aromatic heterocycles. The summed E-state index contributed by atoms with van der Waals surface area (Å²) in [6.07, 6.45) is 4.56. The van der Waals surface area contributed by atoms with Crippen molar-refractivity contribution in [2.45, 2.75) is 38.6 Å². The van der Waals surface area contributed by atoms with Crippen molar-refractivity contribution in [1.82, 2.24) is 4.90 Å². The van der Waals surface area contributed by atoms with Crippen molar-refractivity contribution in [1.29, 1.82) is 5.41 Å². The van der Waals surface area contributed by atoms with Crippen LogP contribution in [0.4, 0.5) is 0 Å². The summed E-state index contributed by atoms with van der Waals surface area (Å²) in [7, 11) is 1.30. The molecular weight excluding hydrogens is 276 g/mol. The highest BCUT2D eigenvalue weighted by molar-refractivity contribution is 5.94. The number of hydrogen-bond acceptors (Lipinski definition) is 6. The van der Waals surface area contributed by atoms with Crippen molar-refractivity contribution < 1.29 is 14.5 Å². The maximum absolute atomic E-state index is 11.6. The zero-order valence-electron chi connectivity index (χ0n) is 12.4. The van der Waals surface area contributed by atoms with Crippen LogP contribution in [-0.2, 0) is 9.53 Å². The zero-order valence-corrected chi connectivity index (χ0v) is 12.4. The van der Waals surface area contributed by atoms with E-state index in [0.717, 1.165) is 31.9 Å². The smallest absolute Gasteiger partial charge is 0.326 e. The predicted octanol–water partition coefficient (Wildman–Crippen LogP) is 1.09. The lowest BCUT2D eigenvalue weighted by atomic mass is 10.1. The van der Waals surface area contributed by atoms with Crippen molar-refractivity contribution in [2.75, 3.05) is 13.7 Å². The Balaban J connectivity index is 2.94. The van der Waals surface area contributed by atoms with Gasteiger partial charge in [-0.1, -0.05) is 19.8 Å². The van der Waals surface area contributed by atoms with Gasteiger partial charge >= 0.3 is 11.7 Å². The van der Waals surface area contributed by atoms with Gasteiger partial charge in [0.25, 0.3) is 0 Å². The summed E-state index contributed by atoms with van der Waals surface area (Å²) < 4.78 is 4.68. The highest BCUT2D eigenvalue weighted by Crippen LogP contribution is 2.26. The van der Waals surface area contributed by atoms with Crippen LogP contribution in [0.1, 0.15) is 32.6 Å². The van der Waals surface area contributed by atoms with E-state index in [1.54, 1.807) is 11.8 Å². The van der Waals surface area contributed by atoms with Crippen molar-refractivity contribution >= 4 is 11.8 Å². The van der Waals surface area contributed by atoms with Gasteiger partial charge in [0.1, 0.15) is 0 Å². The molecule has 1 aliphatic carbocycles. The van der Waals surface area contributed by atoms with Gasteiger partial charge in [0, 0.05) is 12.6 Å². The number of amidine groups is 1. The maximum atomic E-state index is 11.6. The molecular formula is C13H22N4O4. The van der Waals surface area contributed by atoms with E-state index >= 15 is 0 Å².